The van der Waals surface area contributed by atoms with E-state index in [-0.39, 0.29) is 35.9 Å². The quantitative estimate of drug-likeness (QED) is 0.294. The molecular formula is C31H44N6O6. The van der Waals surface area contributed by atoms with Crippen LogP contribution >= 0.6 is 0 Å². The molecule has 0 radical (unpaired) electrons. The highest BCUT2D eigenvalue weighted by Crippen LogP contribution is 2.37. The van der Waals surface area contributed by atoms with E-state index < -0.39 is 35.2 Å². The van der Waals surface area contributed by atoms with Crippen LogP contribution in [0.2, 0.25) is 0 Å². The molecule has 3 atom stereocenters. The van der Waals surface area contributed by atoms with Crippen LogP contribution < -0.4 is 17.1 Å². The number of hydrogen-bond donors (Lipinski definition) is 0. The maximum atomic E-state index is 14.3. The van der Waals surface area contributed by atoms with Gasteiger partial charge in [0.25, 0.3) is 0 Å². The highest BCUT2D eigenvalue weighted by molar-refractivity contribution is 5.34. The van der Waals surface area contributed by atoms with E-state index in [4.69, 9.17) is 0 Å². The van der Waals surface area contributed by atoms with Crippen molar-refractivity contribution in [2.45, 2.75) is 140 Å². The zero-order valence-corrected chi connectivity index (χ0v) is 25.5. The zero-order valence-electron chi connectivity index (χ0n) is 25.5. The minimum Gasteiger partial charge on any atom is -0.247 e. The summed E-state index contributed by atoms with van der Waals surface area (Å²) in [4.78, 5) is 86.7. The molecule has 3 aliphatic carbocycles. The highest BCUT2D eigenvalue weighted by atomic mass is 16.2. The number of rotatable bonds is 10. The molecule has 0 saturated heterocycles. The SMILES string of the molecule is CCC(C1CCC(N=C=O)CC1)n1c(=O)n(C(C)C2CCC(N=C=O)CC2)c(=O)n(C(C)C2CCC(N=C=O)CC2)c1=O. The fraction of sp³-hybridized carbons (Fsp3) is 0.806. The molecule has 12 nitrogen and oxygen atoms in total. The molecule has 4 rings (SSSR count). The summed E-state index contributed by atoms with van der Waals surface area (Å²) in [5.41, 5.74) is -1.71. The minimum atomic E-state index is -0.578. The van der Waals surface area contributed by atoms with Gasteiger partial charge < -0.3 is 0 Å². The Kier molecular flexibility index (Phi) is 11.2. The molecular weight excluding hydrogens is 552 g/mol. The van der Waals surface area contributed by atoms with Gasteiger partial charge in [-0.3, -0.25) is 0 Å². The first-order valence-corrected chi connectivity index (χ1v) is 16.0. The molecule has 1 heterocycles. The minimum absolute atomic E-state index is 0.0200. The van der Waals surface area contributed by atoms with Crippen molar-refractivity contribution in [1.29, 1.82) is 0 Å². The van der Waals surface area contributed by atoms with Crippen LogP contribution in [-0.4, -0.2) is 50.1 Å². The van der Waals surface area contributed by atoms with Gasteiger partial charge in [0, 0.05) is 18.1 Å². The van der Waals surface area contributed by atoms with Gasteiger partial charge in [0.1, 0.15) is 0 Å². The molecule has 12 heteroatoms. The summed E-state index contributed by atoms with van der Waals surface area (Å²) in [5, 5.41) is 0. The highest BCUT2D eigenvalue weighted by Gasteiger charge is 2.36. The van der Waals surface area contributed by atoms with Gasteiger partial charge in [-0.2, -0.15) is 0 Å². The van der Waals surface area contributed by atoms with Gasteiger partial charge in [0.15, 0.2) is 0 Å². The molecule has 0 N–H and O–H groups in total. The summed E-state index contributed by atoms with van der Waals surface area (Å²) in [5.74, 6) is 0.0740. The van der Waals surface area contributed by atoms with Crippen LogP contribution in [0.25, 0.3) is 0 Å². The Morgan fingerprint density at radius 3 is 1.16 bits per heavy atom. The van der Waals surface area contributed by atoms with Crippen LogP contribution in [0, 0.1) is 17.8 Å². The Bertz CT molecular complexity index is 1350. The van der Waals surface area contributed by atoms with Crippen molar-refractivity contribution in [3.05, 3.63) is 31.5 Å². The van der Waals surface area contributed by atoms with E-state index in [0.717, 1.165) is 0 Å². The average Bonchev–Trinajstić information content (AvgIpc) is 3.01. The average molecular weight is 597 g/mol. The fourth-order valence-corrected chi connectivity index (χ4v) is 7.99. The lowest BCUT2D eigenvalue weighted by Crippen LogP contribution is -2.59. The molecule has 1 aromatic rings. The van der Waals surface area contributed by atoms with Gasteiger partial charge in [-0.15, -0.1) is 0 Å². The van der Waals surface area contributed by atoms with Crippen LogP contribution in [0.3, 0.4) is 0 Å². The predicted molar refractivity (Wildman–Crippen MR) is 160 cm³/mol. The van der Waals surface area contributed by atoms with Crippen LogP contribution in [-0.2, 0) is 14.4 Å². The lowest BCUT2D eigenvalue weighted by molar-refractivity contribution is 0.179. The van der Waals surface area contributed by atoms with Crippen molar-refractivity contribution < 1.29 is 14.4 Å². The van der Waals surface area contributed by atoms with E-state index in [1.807, 2.05) is 20.8 Å². The van der Waals surface area contributed by atoms with Gasteiger partial charge in [0.2, 0.25) is 18.2 Å². The van der Waals surface area contributed by atoms with Gasteiger partial charge in [-0.25, -0.2) is 57.4 Å². The summed E-state index contributed by atoms with van der Waals surface area (Å²) in [6.07, 6.45) is 13.8. The summed E-state index contributed by atoms with van der Waals surface area (Å²) in [6.45, 7) is 5.72. The Morgan fingerprint density at radius 2 is 0.860 bits per heavy atom. The molecule has 3 unspecified atom stereocenters. The van der Waals surface area contributed by atoms with Crippen LogP contribution in [0.5, 0.6) is 0 Å². The van der Waals surface area contributed by atoms with Gasteiger partial charge in [0.05, 0.1) is 18.1 Å². The third kappa shape index (κ3) is 7.04. The van der Waals surface area contributed by atoms with Crippen molar-refractivity contribution in [3.63, 3.8) is 0 Å². The number of carbonyl (C=O) groups excluding carboxylic acids is 3. The Hall–Kier alpha value is -3.45. The Morgan fingerprint density at radius 1 is 0.558 bits per heavy atom. The van der Waals surface area contributed by atoms with Gasteiger partial charge in [-0.1, -0.05) is 6.92 Å². The Labute approximate surface area is 251 Å². The van der Waals surface area contributed by atoms with Gasteiger partial charge in [-0.05, 0) is 115 Å². The molecule has 3 saturated carbocycles. The van der Waals surface area contributed by atoms with Crippen molar-refractivity contribution in [3.8, 4) is 0 Å². The van der Waals surface area contributed by atoms with E-state index in [1.165, 1.54) is 13.7 Å². The number of aliphatic imine (C=N–C) groups is 3. The molecule has 3 aliphatic rings. The summed E-state index contributed by atoms with van der Waals surface area (Å²) < 4.78 is 3.95. The maximum absolute atomic E-state index is 14.3. The molecule has 0 spiro atoms. The predicted octanol–water partition coefficient (Wildman–Crippen LogP) is 3.93. The molecule has 0 bridgehead atoms. The fourth-order valence-electron chi connectivity index (χ4n) is 7.99. The van der Waals surface area contributed by atoms with Crippen molar-refractivity contribution in [2.75, 3.05) is 0 Å². The molecule has 234 valence electrons. The van der Waals surface area contributed by atoms with E-state index in [2.05, 4.69) is 15.0 Å². The van der Waals surface area contributed by atoms with Crippen molar-refractivity contribution >= 4 is 18.2 Å². The topological polar surface area (TPSA) is 154 Å². The molecule has 0 amide bonds. The van der Waals surface area contributed by atoms with Crippen molar-refractivity contribution in [2.24, 2.45) is 32.7 Å². The lowest BCUT2D eigenvalue weighted by atomic mass is 9.80. The second-order valence-corrected chi connectivity index (χ2v) is 12.8. The molecule has 1 aromatic heterocycles. The third-order valence-corrected chi connectivity index (χ3v) is 10.6. The normalized spacial score (nSPS) is 29.7. The molecule has 43 heavy (non-hydrogen) atoms. The number of isocyanates is 3. The standard InChI is InChI=1S/C31H44N6O6/c1-4-28(24-9-15-27(16-10-24)34-19-40)37-30(42)35(20(2)22-5-11-25(12-6-22)32-17-38)29(41)36(31(37)43)21(3)23-7-13-26(14-8-23)33-18-39/h20-28H,4-16H2,1-3H3. The number of aromatic nitrogens is 3. The monoisotopic (exact) mass is 596 g/mol. The second kappa shape index (κ2) is 14.8. The van der Waals surface area contributed by atoms with Crippen LogP contribution in [0.1, 0.15) is 122 Å². The van der Waals surface area contributed by atoms with E-state index >= 15 is 0 Å². The second-order valence-electron chi connectivity index (χ2n) is 12.8. The summed E-state index contributed by atoms with van der Waals surface area (Å²) in [6, 6.07) is -1.56. The molecule has 0 aliphatic heterocycles. The molecule has 0 aromatic carbocycles. The number of hydrogen-bond acceptors (Lipinski definition) is 9. The van der Waals surface area contributed by atoms with Gasteiger partial charge >= 0.3 is 17.1 Å². The smallest absolute Gasteiger partial charge is 0.247 e. The van der Waals surface area contributed by atoms with E-state index in [0.29, 0.717) is 83.5 Å². The summed E-state index contributed by atoms with van der Waals surface area (Å²) in [7, 11) is 0. The lowest BCUT2D eigenvalue weighted by Gasteiger charge is -2.36. The molecule has 3 fully saturated rings. The van der Waals surface area contributed by atoms with Crippen molar-refractivity contribution in [1.82, 2.24) is 13.7 Å². The first kappa shape index (κ1) is 32.5. The number of nitrogens with zero attached hydrogens (tertiary/aromatic N) is 6. The zero-order chi connectivity index (χ0) is 31.1. The van der Waals surface area contributed by atoms with E-state index in [9.17, 15) is 28.8 Å². The van der Waals surface area contributed by atoms with E-state index in [1.54, 1.807) is 18.2 Å². The first-order valence-electron chi connectivity index (χ1n) is 16.0. The first-order chi connectivity index (χ1) is 20.7. The Balaban J connectivity index is 1.76. The summed E-state index contributed by atoms with van der Waals surface area (Å²) >= 11 is 0. The third-order valence-electron chi connectivity index (χ3n) is 10.6. The maximum Gasteiger partial charge on any atom is 0.336 e. The largest absolute Gasteiger partial charge is 0.336 e. The van der Waals surface area contributed by atoms with Crippen LogP contribution in [0.15, 0.2) is 29.4 Å². The van der Waals surface area contributed by atoms with Crippen LogP contribution in [0.4, 0.5) is 0 Å².